The molecule has 1 amide bonds. The van der Waals surface area contributed by atoms with Gasteiger partial charge in [-0.3, -0.25) is 9.59 Å². The summed E-state index contributed by atoms with van der Waals surface area (Å²) in [7, 11) is -0.696. The Morgan fingerprint density at radius 1 is 1.22 bits per heavy atom. The first-order chi connectivity index (χ1) is 12.5. The van der Waals surface area contributed by atoms with Crippen LogP contribution in [0.3, 0.4) is 0 Å². The minimum Gasteiger partial charge on any atom is -0.469 e. The van der Waals surface area contributed by atoms with Crippen molar-refractivity contribution in [3.63, 3.8) is 0 Å². The molecule has 9 heteroatoms. The molecule has 1 saturated carbocycles. The summed E-state index contributed by atoms with van der Waals surface area (Å²) in [6.07, 6.45) is 1.63. The number of carbonyl (C=O) groups excluding carboxylic acids is 2. The molecule has 2 rings (SSSR count). The molecule has 0 heterocycles. The van der Waals surface area contributed by atoms with Crippen molar-refractivity contribution in [2.24, 2.45) is 11.8 Å². The Hall–Kier alpha value is -1.64. The number of nitrogens with one attached hydrogen (secondary N) is 1. The predicted octanol–water partition coefficient (Wildman–Crippen LogP) is 1.98. The molecule has 1 aromatic carbocycles. The smallest absolute Gasteiger partial charge is 0.309 e. The molecule has 0 radical (unpaired) electrons. The largest absolute Gasteiger partial charge is 0.469 e. The van der Waals surface area contributed by atoms with Gasteiger partial charge in [0.15, 0.2) is 0 Å². The maximum Gasteiger partial charge on any atom is 0.309 e. The van der Waals surface area contributed by atoms with Gasteiger partial charge in [0.05, 0.1) is 31.2 Å². The zero-order valence-corrected chi connectivity index (χ0v) is 17.4. The third-order valence-corrected chi connectivity index (χ3v) is 6.74. The summed E-state index contributed by atoms with van der Waals surface area (Å²) in [5, 5.41) is 3.51. The first-order valence-corrected chi connectivity index (χ1v) is 10.8. The van der Waals surface area contributed by atoms with E-state index in [1.54, 1.807) is 12.1 Å². The van der Waals surface area contributed by atoms with Gasteiger partial charge < -0.3 is 10.1 Å². The van der Waals surface area contributed by atoms with Gasteiger partial charge in [-0.25, -0.2) is 12.7 Å². The number of methoxy groups -OCH3 is 1. The van der Waals surface area contributed by atoms with Crippen LogP contribution >= 0.6 is 11.6 Å². The minimum absolute atomic E-state index is 0.254. The summed E-state index contributed by atoms with van der Waals surface area (Å²) >= 11 is 5.89. The lowest BCUT2D eigenvalue weighted by atomic mass is 9.94. The van der Waals surface area contributed by atoms with Gasteiger partial charge in [0.2, 0.25) is 15.9 Å². The molecule has 1 fully saturated rings. The number of rotatable bonds is 6. The number of amides is 1. The number of halogens is 1. The van der Waals surface area contributed by atoms with Gasteiger partial charge in [-0.2, -0.15) is 0 Å². The zero-order valence-electron chi connectivity index (χ0n) is 15.8. The van der Waals surface area contributed by atoms with Crippen molar-refractivity contribution < 1.29 is 22.7 Å². The first-order valence-electron chi connectivity index (χ1n) is 8.61. The van der Waals surface area contributed by atoms with Gasteiger partial charge in [-0.15, -0.1) is 0 Å². The summed E-state index contributed by atoms with van der Waals surface area (Å²) in [5.74, 6) is -2.13. The van der Waals surface area contributed by atoms with E-state index in [2.05, 4.69) is 5.32 Å². The van der Waals surface area contributed by atoms with Crippen LogP contribution in [0.25, 0.3) is 0 Å². The average molecular weight is 417 g/mol. The Morgan fingerprint density at radius 3 is 2.30 bits per heavy atom. The van der Waals surface area contributed by atoms with E-state index < -0.39 is 33.9 Å². The third kappa shape index (κ3) is 5.21. The summed E-state index contributed by atoms with van der Waals surface area (Å²) in [4.78, 5) is 25.0. The van der Waals surface area contributed by atoms with Crippen molar-refractivity contribution in [3.05, 3.63) is 34.9 Å². The predicted molar refractivity (Wildman–Crippen MR) is 103 cm³/mol. The molecular weight excluding hydrogens is 392 g/mol. The topological polar surface area (TPSA) is 92.8 Å². The molecule has 7 nitrogen and oxygen atoms in total. The maximum atomic E-state index is 12.8. The number of carbonyl (C=O) groups is 2. The van der Waals surface area contributed by atoms with Gasteiger partial charge in [-0.1, -0.05) is 23.7 Å². The molecule has 0 aliphatic heterocycles. The molecule has 0 bridgehead atoms. The van der Waals surface area contributed by atoms with E-state index in [1.165, 1.54) is 18.5 Å². The standard InChI is InChI=1S/C18H25ClN2O5S/c1-11(12-5-7-13(19)8-6-12)20-17(22)15-9-14(21(2)27(4,24)25)10-16(15)18(23)26-3/h5-8,11,14-16H,9-10H2,1-4H3,(H,20,22)/t11-,14-,15+,16+/m0/s1. The Kier molecular flexibility index (Phi) is 6.88. The SMILES string of the molecule is COC(=O)[C@@H]1C[C@@H](N(C)S(C)(=O)=O)C[C@H]1C(=O)N[C@@H](C)c1ccc(Cl)cc1. The van der Waals surface area contributed by atoms with Gasteiger partial charge in [0.25, 0.3) is 0 Å². The Morgan fingerprint density at radius 2 is 1.78 bits per heavy atom. The van der Waals surface area contributed by atoms with Gasteiger partial charge in [0.1, 0.15) is 0 Å². The molecule has 1 aliphatic carbocycles. The van der Waals surface area contributed by atoms with Gasteiger partial charge in [-0.05, 0) is 37.5 Å². The third-order valence-electron chi connectivity index (χ3n) is 5.14. The lowest BCUT2D eigenvalue weighted by Crippen LogP contribution is -2.37. The van der Waals surface area contributed by atoms with Crippen molar-refractivity contribution in [1.29, 1.82) is 0 Å². The van der Waals surface area contributed by atoms with Crippen LogP contribution in [0, 0.1) is 11.8 Å². The fourth-order valence-electron chi connectivity index (χ4n) is 3.44. The fraction of sp³-hybridized carbons (Fsp3) is 0.556. The minimum atomic E-state index is -3.42. The Bertz CT molecular complexity index is 796. The highest BCUT2D eigenvalue weighted by Gasteiger charge is 2.46. The highest BCUT2D eigenvalue weighted by molar-refractivity contribution is 7.88. The van der Waals surface area contributed by atoms with E-state index in [1.807, 2.05) is 19.1 Å². The Balaban J connectivity index is 2.15. The number of nitrogens with zero attached hydrogens (tertiary/aromatic N) is 1. The van der Waals surface area contributed by atoms with Crippen molar-refractivity contribution in [3.8, 4) is 0 Å². The number of hydrogen-bond acceptors (Lipinski definition) is 5. The zero-order chi connectivity index (χ0) is 20.4. The molecule has 0 aromatic heterocycles. The van der Waals surface area contributed by atoms with Crippen LogP contribution in [0.2, 0.25) is 5.02 Å². The first kappa shape index (κ1) is 21.7. The van der Waals surface area contributed by atoms with Crippen LogP contribution < -0.4 is 5.32 Å². The van der Waals surface area contributed by atoms with Crippen molar-refractivity contribution in [2.75, 3.05) is 20.4 Å². The van der Waals surface area contributed by atoms with E-state index >= 15 is 0 Å². The number of benzene rings is 1. The lowest BCUT2D eigenvalue weighted by Gasteiger charge is -2.22. The number of sulfonamides is 1. The van der Waals surface area contributed by atoms with E-state index in [-0.39, 0.29) is 24.8 Å². The average Bonchev–Trinajstić information content (AvgIpc) is 3.05. The molecule has 0 unspecified atom stereocenters. The second-order valence-electron chi connectivity index (χ2n) is 6.92. The van der Waals surface area contributed by atoms with Crippen LogP contribution in [0.4, 0.5) is 0 Å². The van der Waals surface area contributed by atoms with Crippen LogP contribution in [0.1, 0.15) is 31.4 Å². The van der Waals surface area contributed by atoms with Gasteiger partial charge in [0, 0.05) is 18.1 Å². The number of hydrogen-bond donors (Lipinski definition) is 1. The van der Waals surface area contributed by atoms with E-state index in [0.717, 1.165) is 11.8 Å². The highest BCUT2D eigenvalue weighted by Crippen LogP contribution is 2.36. The molecule has 1 N–H and O–H groups in total. The van der Waals surface area contributed by atoms with E-state index in [9.17, 15) is 18.0 Å². The molecular formula is C18H25ClN2O5S. The summed E-state index contributed by atoms with van der Waals surface area (Å²) in [5.41, 5.74) is 0.880. The number of esters is 1. The summed E-state index contributed by atoms with van der Waals surface area (Å²) in [6, 6.07) is 6.41. The van der Waals surface area contributed by atoms with Crippen molar-refractivity contribution in [2.45, 2.75) is 31.8 Å². The summed E-state index contributed by atoms with van der Waals surface area (Å²) in [6.45, 7) is 1.84. The molecule has 150 valence electrons. The molecule has 1 aliphatic rings. The molecule has 0 spiro atoms. The van der Waals surface area contributed by atoms with E-state index in [4.69, 9.17) is 16.3 Å². The highest BCUT2D eigenvalue weighted by atomic mass is 35.5. The van der Waals surface area contributed by atoms with Crippen LogP contribution in [0.5, 0.6) is 0 Å². The maximum absolute atomic E-state index is 12.8. The molecule has 1 aromatic rings. The Labute approximate surface area is 165 Å². The van der Waals surface area contributed by atoms with Crippen LogP contribution in [-0.2, 0) is 24.3 Å². The van der Waals surface area contributed by atoms with Gasteiger partial charge >= 0.3 is 5.97 Å². The molecule has 4 atom stereocenters. The second kappa shape index (κ2) is 8.58. The monoisotopic (exact) mass is 416 g/mol. The normalized spacial score (nSPS) is 23.9. The summed E-state index contributed by atoms with van der Waals surface area (Å²) < 4.78 is 29.7. The van der Waals surface area contributed by atoms with E-state index in [0.29, 0.717) is 5.02 Å². The molecule has 27 heavy (non-hydrogen) atoms. The second-order valence-corrected chi connectivity index (χ2v) is 9.40. The fourth-order valence-corrected chi connectivity index (χ4v) is 4.28. The van der Waals surface area contributed by atoms with Crippen molar-refractivity contribution >= 4 is 33.5 Å². The molecule has 0 saturated heterocycles. The lowest BCUT2D eigenvalue weighted by molar-refractivity contribution is -0.149. The number of ether oxygens (including phenoxy) is 1. The van der Waals surface area contributed by atoms with Crippen molar-refractivity contribution in [1.82, 2.24) is 9.62 Å². The quantitative estimate of drug-likeness (QED) is 0.716. The van der Waals surface area contributed by atoms with Crippen LogP contribution in [0.15, 0.2) is 24.3 Å². The van der Waals surface area contributed by atoms with Crippen LogP contribution in [-0.4, -0.2) is 51.1 Å².